The minimum Gasteiger partial charge on any atom is -0.511 e. The highest BCUT2D eigenvalue weighted by atomic mass is 35.5. The summed E-state index contributed by atoms with van der Waals surface area (Å²) in [5.74, 6) is -1.29. The quantitative estimate of drug-likeness (QED) is 0.739. The lowest BCUT2D eigenvalue weighted by molar-refractivity contribution is -0.136. The summed E-state index contributed by atoms with van der Waals surface area (Å²) in [6.07, 6.45) is 4.75. The van der Waals surface area contributed by atoms with Crippen LogP contribution < -0.4 is 10.6 Å². The third kappa shape index (κ3) is 4.41. The zero-order valence-corrected chi connectivity index (χ0v) is 13.7. The van der Waals surface area contributed by atoms with Crippen LogP contribution in [0.25, 0.3) is 11.4 Å². The van der Waals surface area contributed by atoms with Crippen molar-refractivity contribution in [2.24, 2.45) is 0 Å². The van der Waals surface area contributed by atoms with Crippen molar-refractivity contribution in [1.82, 2.24) is 14.6 Å². The Hall–Kier alpha value is -2.15. The molecule has 0 atom stereocenters. The number of rotatable bonds is 7. The second-order valence-corrected chi connectivity index (χ2v) is 5.17. The number of carboxylic acids is 1. The van der Waals surface area contributed by atoms with Crippen molar-refractivity contribution in [2.45, 2.75) is 45.4 Å². The molecule has 0 aliphatic heterocycles. The van der Waals surface area contributed by atoms with E-state index in [-0.39, 0.29) is 47.3 Å². The smallest absolute Gasteiger partial charge is 0.303 e. The molecular formula is C15H20ClN3O4. The number of aliphatic hydroxyl groups excluding tert-OH is 1. The van der Waals surface area contributed by atoms with Crippen LogP contribution in [-0.2, 0) is 11.2 Å². The minimum absolute atomic E-state index is 0. The van der Waals surface area contributed by atoms with Crippen LogP contribution >= 0.6 is 12.4 Å². The van der Waals surface area contributed by atoms with Crippen LogP contribution in [-0.4, -0.2) is 30.8 Å². The van der Waals surface area contributed by atoms with Gasteiger partial charge in [-0.25, -0.2) is 9.50 Å². The lowest BCUT2D eigenvalue weighted by atomic mass is 10.1. The Balaban J connectivity index is 0.00000264. The molecule has 2 aromatic rings. The van der Waals surface area contributed by atoms with Crippen molar-refractivity contribution >= 4 is 29.8 Å². The van der Waals surface area contributed by atoms with E-state index >= 15 is 0 Å². The van der Waals surface area contributed by atoms with Gasteiger partial charge in [-0.1, -0.05) is 19.8 Å². The van der Waals surface area contributed by atoms with Crippen molar-refractivity contribution in [3.63, 3.8) is 0 Å². The molecule has 2 rings (SSSR count). The number of pyridine rings is 1. The highest BCUT2D eigenvalue weighted by Gasteiger charge is 2.12. The molecule has 23 heavy (non-hydrogen) atoms. The normalized spacial score (nSPS) is 12.0. The zero-order valence-electron chi connectivity index (χ0n) is 12.9. The maximum atomic E-state index is 12.3. The number of unbranched alkanes of at least 4 members (excludes halogenated alkanes) is 2. The zero-order chi connectivity index (χ0) is 16.1. The van der Waals surface area contributed by atoms with Gasteiger partial charge in [-0.2, -0.15) is 5.10 Å². The Kier molecular flexibility index (Phi) is 6.96. The fraction of sp³-hybridized carbons (Fsp3) is 0.467. The third-order valence-corrected chi connectivity index (χ3v) is 3.49. The molecule has 0 bridgehead atoms. The predicted molar refractivity (Wildman–Crippen MR) is 87.9 cm³/mol. The lowest BCUT2D eigenvalue weighted by Gasteiger charge is -2.05. The molecule has 0 aliphatic rings. The number of aryl methyl sites for hydroxylation is 1. The number of fused-ring (bicyclic) bond motifs is 1. The Morgan fingerprint density at radius 2 is 2.00 bits per heavy atom. The number of aromatic nitrogens is 3. The summed E-state index contributed by atoms with van der Waals surface area (Å²) in [7, 11) is 0. The van der Waals surface area contributed by atoms with Crippen molar-refractivity contribution in [3.8, 4) is 0 Å². The molecule has 0 unspecified atom stereocenters. The van der Waals surface area contributed by atoms with Crippen molar-refractivity contribution in [2.75, 3.05) is 0 Å². The summed E-state index contributed by atoms with van der Waals surface area (Å²) in [6.45, 7) is 2.10. The van der Waals surface area contributed by atoms with Gasteiger partial charge < -0.3 is 10.2 Å². The summed E-state index contributed by atoms with van der Waals surface area (Å²) in [4.78, 5) is 26.9. The topological polar surface area (TPSA) is 105 Å². The first-order valence-corrected chi connectivity index (χ1v) is 7.34. The average Bonchev–Trinajstić information content (AvgIpc) is 2.94. The molecule has 0 radical (unpaired) electrons. The van der Waals surface area contributed by atoms with Crippen LogP contribution in [0, 0.1) is 0 Å². The Labute approximate surface area is 139 Å². The van der Waals surface area contributed by atoms with Crippen molar-refractivity contribution in [1.29, 1.82) is 0 Å². The molecule has 0 amide bonds. The SMILES string of the molecule is CCCCCc1cc(=O)c(=C(O)CCC(=O)O)c2ncnn12.Cl. The van der Waals surface area contributed by atoms with Crippen LogP contribution in [0.1, 0.15) is 44.7 Å². The maximum absolute atomic E-state index is 12.3. The molecule has 126 valence electrons. The molecule has 0 aromatic carbocycles. The second-order valence-electron chi connectivity index (χ2n) is 5.17. The number of hydrogen-bond donors (Lipinski definition) is 2. The van der Waals surface area contributed by atoms with Gasteiger partial charge in [0, 0.05) is 18.2 Å². The largest absolute Gasteiger partial charge is 0.511 e. The molecule has 2 aromatic heterocycles. The van der Waals surface area contributed by atoms with Gasteiger partial charge in [0.25, 0.3) is 0 Å². The summed E-state index contributed by atoms with van der Waals surface area (Å²) >= 11 is 0. The first-order valence-electron chi connectivity index (χ1n) is 7.34. The number of carboxylic acid groups (broad SMARTS) is 1. The Bertz CT molecular complexity index is 788. The van der Waals surface area contributed by atoms with E-state index < -0.39 is 5.97 Å². The van der Waals surface area contributed by atoms with E-state index in [1.54, 1.807) is 4.52 Å². The Morgan fingerprint density at radius 1 is 1.26 bits per heavy atom. The molecule has 2 heterocycles. The molecule has 2 N–H and O–H groups in total. The predicted octanol–water partition coefficient (Wildman–Crippen LogP) is 1.49. The van der Waals surface area contributed by atoms with E-state index in [0.717, 1.165) is 25.0 Å². The molecule has 0 spiro atoms. The third-order valence-electron chi connectivity index (χ3n) is 3.49. The van der Waals surface area contributed by atoms with Gasteiger partial charge >= 0.3 is 5.97 Å². The summed E-state index contributed by atoms with van der Waals surface area (Å²) in [6, 6.07) is 1.45. The molecule has 0 fully saturated rings. The fourth-order valence-corrected chi connectivity index (χ4v) is 2.37. The van der Waals surface area contributed by atoms with Gasteiger partial charge in [0.05, 0.1) is 6.42 Å². The highest BCUT2D eigenvalue weighted by molar-refractivity contribution is 5.85. The van der Waals surface area contributed by atoms with Gasteiger partial charge in [0.2, 0.25) is 0 Å². The summed E-state index contributed by atoms with van der Waals surface area (Å²) in [5, 5.41) is 22.9. The monoisotopic (exact) mass is 341 g/mol. The van der Waals surface area contributed by atoms with Crippen LogP contribution in [0.4, 0.5) is 0 Å². The average molecular weight is 342 g/mol. The number of aliphatic hydroxyl groups is 1. The van der Waals surface area contributed by atoms with Crippen LogP contribution in [0.3, 0.4) is 0 Å². The van der Waals surface area contributed by atoms with Crippen LogP contribution in [0.2, 0.25) is 0 Å². The lowest BCUT2D eigenvalue weighted by Crippen LogP contribution is -2.31. The second kappa shape index (κ2) is 8.47. The van der Waals surface area contributed by atoms with Gasteiger partial charge in [-0.05, 0) is 12.8 Å². The van der Waals surface area contributed by atoms with Crippen molar-refractivity contribution in [3.05, 3.63) is 33.5 Å². The molecule has 0 aliphatic carbocycles. The maximum Gasteiger partial charge on any atom is 0.303 e. The molecule has 7 nitrogen and oxygen atoms in total. The number of hydrogen-bond acceptors (Lipinski definition) is 5. The summed E-state index contributed by atoms with van der Waals surface area (Å²) in [5.41, 5.74) is 0.678. The number of carbonyl (C=O) groups is 1. The molecule has 0 saturated heterocycles. The van der Waals surface area contributed by atoms with Gasteiger partial charge in [0.1, 0.15) is 17.3 Å². The van der Waals surface area contributed by atoms with Gasteiger partial charge in [0.15, 0.2) is 11.1 Å². The minimum atomic E-state index is -1.03. The Morgan fingerprint density at radius 3 is 2.65 bits per heavy atom. The van der Waals surface area contributed by atoms with E-state index in [4.69, 9.17) is 5.11 Å². The number of nitrogens with zero attached hydrogens (tertiary/aromatic N) is 3. The van der Waals surface area contributed by atoms with E-state index in [0.29, 0.717) is 6.42 Å². The van der Waals surface area contributed by atoms with Gasteiger partial charge in [-0.3, -0.25) is 9.59 Å². The fourth-order valence-electron chi connectivity index (χ4n) is 2.37. The standard InChI is InChI=1S/C15H19N3O4.ClH/c1-2-3-4-5-10-8-12(20)14(11(19)6-7-13(21)22)15-16-9-17-18(10)15;/h8-9,19H,2-7H2,1H3,(H,21,22);1H. The van der Waals surface area contributed by atoms with Crippen LogP contribution in [0.15, 0.2) is 17.2 Å². The van der Waals surface area contributed by atoms with E-state index in [1.165, 1.54) is 12.4 Å². The highest BCUT2D eigenvalue weighted by Crippen LogP contribution is 2.06. The first-order chi connectivity index (χ1) is 10.5. The molecular weight excluding hydrogens is 322 g/mol. The van der Waals surface area contributed by atoms with E-state index in [9.17, 15) is 14.7 Å². The molecule has 0 saturated carbocycles. The first kappa shape index (κ1) is 18.9. The van der Waals surface area contributed by atoms with Gasteiger partial charge in [-0.15, -0.1) is 12.4 Å². The molecule has 8 heteroatoms. The van der Waals surface area contributed by atoms with Crippen LogP contribution in [0.5, 0.6) is 0 Å². The van der Waals surface area contributed by atoms with E-state index in [1.807, 2.05) is 0 Å². The number of aliphatic carboxylic acids is 1. The summed E-state index contributed by atoms with van der Waals surface area (Å²) < 4.78 is 1.55. The number of halogens is 1. The van der Waals surface area contributed by atoms with Crippen molar-refractivity contribution < 1.29 is 15.0 Å². The van der Waals surface area contributed by atoms with E-state index in [2.05, 4.69) is 17.0 Å².